The number of hydrogen-bond acceptors (Lipinski definition) is 7. The predicted molar refractivity (Wildman–Crippen MR) is 82.0 cm³/mol. The smallest absolute Gasteiger partial charge is 0.234 e. The Morgan fingerprint density at radius 1 is 1.25 bits per heavy atom. The van der Waals surface area contributed by atoms with E-state index in [-0.39, 0.29) is 22.4 Å². The number of benzene rings is 1. The first kappa shape index (κ1) is 15.3. The first-order valence-corrected chi connectivity index (χ1v) is 8.08. The van der Waals surface area contributed by atoms with Gasteiger partial charge in [0.25, 0.3) is 0 Å². The van der Waals surface area contributed by atoms with Crippen LogP contribution in [0.4, 0.5) is 0 Å². The molecule has 0 atom stereocenters. The highest BCUT2D eigenvalue weighted by Gasteiger charge is 2.20. The fourth-order valence-corrected chi connectivity index (χ4v) is 3.78. The minimum atomic E-state index is -0.0917. The Bertz CT molecular complexity index is 464. The number of phenols is 1. The second kappa shape index (κ2) is 7.10. The second-order valence-corrected chi connectivity index (χ2v) is 6.44. The lowest BCUT2D eigenvalue weighted by Gasteiger charge is -2.23. The average molecular weight is 315 g/mol. The van der Waals surface area contributed by atoms with Crippen molar-refractivity contribution >= 4 is 28.8 Å². The van der Waals surface area contributed by atoms with Gasteiger partial charge in [0.1, 0.15) is 0 Å². The molecule has 5 nitrogen and oxygen atoms in total. The molecule has 7 heteroatoms. The number of aromatic hydroxyl groups is 1. The van der Waals surface area contributed by atoms with Crippen molar-refractivity contribution in [3.8, 4) is 17.2 Å². The van der Waals surface area contributed by atoms with Crippen molar-refractivity contribution in [1.82, 2.24) is 4.31 Å². The van der Waals surface area contributed by atoms with Crippen molar-refractivity contribution < 1.29 is 19.4 Å². The summed E-state index contributed by atoms with van der Waals surface area (Å²) in [4.78, 5) is 12.3. The third-order valence-corrected chi connectivity index (χ3v) is 4.86. The third kappa shape index (κ3) is 3.53. The van der Waals surface area contributed by atoms with Gasteiger partial charge in [-0.1, -0.05) is 0 Å². The summed E-state index contributed by atoms with van der Waals surface area (Å²) in [5.41, 5.74) is 0.458. The molecule has 1 aromatic rings. The molecule has 1 aromatic carbocycles. The van der Waals surface area contributed by atoms with Crippen molar-refractivity contribution in [2.45, 2.75) is 0 Å². The van der Waals surface area contributed by atoms with Gasteiger partial charge in [0, 0.05) is 42.1 Å². The first-order chi connectivity index (χ1) is 9.65. The average Bonchev–Trinajstić information content (AvgIpc) is 2.48. The number of thioether (sulfide) groups is 1. The summed E-state index contributed by atoms with van der Waals surface area (Å²) in [5, 5.41) is 9.76. The molecule has 20 heavy (non-hydrogen) atoms. The van der Waals surface area contributed by atoms with Crippen LogP contribution in [-0.2, 0) is 0 Å². The van der Waals surface area contributed by atoms with Gasteiger partial charge in [0.15, 0.2) is 11.5 Å². The van der Waals surface area contributed by atoms with Gasteiger partial charge in [-0.3, -0.25) is 4.79 Å². The standard InChI is InChI=1S/C13H17NO4S2/c1-17-10-7-9(8-11(18-2)12(10)15)13(16)20-14-3-5-19-6-4-14/h7-8,15H,3-6H2,1-2H3. The van der Waals surface area contributed by atoms with Crippen LogP contribution in [0.3, 0.4) is 0 Å². The highest BCUT2D eigenvalue weighted by atomic mass is 32.2. The van der Waals surface area contributed by atoms with Gasteiger partial charge in [0.2, 0.25) is 10.9 Å². The normalized spacial score (nSPS) is 15.9. The molecule has 0 aromatic heterocycles. The molecule has 0 spiro atoms. The molecule has 0 bridgehead atoms. The molecule has 1 aliphatic rings. The second-order valence-electron chi connectivity index (χ2n) is 4.15. The molecule has 0 amide bonds. The molecule has 0 radical (unpaired) electrons. The van der Waals surface area contributed by atoms with E-state index in [9.17, 15) is 9.90 Å². The van der Waals surface area contributed by atoms with Gasteiger partial charge in [-0.2, -0.15) is 11.8 Å². The summed E-state index contributed by atoms with van der Waals surface area (Å²) in [7, 11) is 2.88. The Labute approximate surface area is 126 Å². The summed E-state index contributed by atoms with van der Waals surface area (Å²) < 4.78 is 12.2. The number of carbonyl (C=O) groups is 1. The van der Waals surface area contributed by atoms with Crippen LogP contribution in [0.15, 0.2) is 12.1 Å². The van der Waals surface area contributed by atoms with Crippen LogP contribution in [0.5, 0.6) is 17.2 Å². The van der Waals surface area contributed by atoms with Gasteiger partial charge in [0.05, 0.1) is 14.2 Å². The molecule has 0 unspecified atom stereocenters. The summed E-state index contributed by atoms with van der Waals surface area (Å²) in [5.74, 6) is 2.47. The Hall–Kier alpha value is -1.05. The number of phenolic OH excluding ortho intramolecular Hbond substituents is 1. The van der Waals surface area contributed by atoms with Gasteiger partial charge in [-0.05, 0) is 12.1 Å². The lowest BCUT2D eigenvalue weighted by Crippen LogP contribution is -2.27. The van der Waals surface area contributed by atoms with Gasteiger partial charge in [-0.15, -0.1) is 0 Å². The molecule has 1 fully saturated rings. The first-order valence-electron chi connectivity index (χ1n) is 6.15. The van der Waals surface area contributed by atoms with Crippen molar-refractivity contribution in [1.29, 1.82) is 0 Å². The van der Waals surface area contributed by atoms with E-state index in [1.165, 1.54) is 38.3 Å². The lowest BCUT2D eigenvalue weighted by atomic mass is 10.2. The third-order valence-electron chi connectivity index (χ3n) is 2.90. The molecule has 110 valence electrons. The van der Waals surface area contributed by atoms with Crippen LogP contribution in [0, 0.1) is 0 Å². The maximum absolute atomic E-state index is 12.3. The van der Waals surface area contributed by atoms with E-state index in [4.69, 9.17) is 9.47 Å². The Balaban J connectivity index is 2.16. The van der Waals surface area contributed by atoms with E-state index in [0.717, 1.165) is 24.6 Å². The van der Waals surface area contributed by atoms with E-state index in [2.05, 4.69) is 4.31 Å². The molecule has 1 saturated heterocycles. The quantitative estimate of drug-likeness (QED) is 0.855. The number of methoxy groups -OCH3 is 2. The van der Waals surface area contributed by atoms with Crippen LogP contribution in [0.2, 0.25) is 0 Å². The SMILES string of the molecule is COc1cc(C(=O)SN2CCSCC2)cc(OC)c1O. The monoisotopic (exact) mass is 315 g/mol. The molecular formula is C13H17NO4S2. The number of nitrogens with zero attached hydrogens (tertiary/aromatic N) is 1. The highest BCUT2D eigenvalue weighted by molar-refractivity contribution is 8.12. The van der Waals surface area contributed by atoms with Crippen molar-refractivity contribution in [2.75, 3.05) is 38.8 Å². The van der Waals surface area contributed by atoms with Crippen molar-refractivity contribution in [3.05, 3.63) is 17.7 Å². The van der Waals surface area contributed by atoms with E-state index in [1.807, 2.05) is 11.8 Å². The topological polar surface area (TPSA) is 59.0 Å². The highest BCUT2D eigenvalue weighted by Crippen LogP contribution is 2.38. The van der Waals surface area contributed by atoms with Crippen LogP contribution in [0.1, 0.15) is 10.4 Å². The number of ether oxygens (including phenoxy) is 2. The van der Waals surface area contributed by atoms with Gasteiger partial charge >= 0.3 is 0 Å². The molecule has 0 saturated carbocycles. The van der Waals surface area contributed by atoms with E-state index >= 15 is 0 Å². The Morgan fingerprint density at radius 2 is 1.80 bits per heavy atom. The van der Waals surface area contributed by atoms with Crippen LogP contribution >= 0.6 is 23.7 Å². The molecule has 1 N–H and O–H groups in total. The zero-order valence-corrected chi connectivity index (χ0v) is 13.1. The minimum absolute atomic E-state index is 0.0755. The van der Waals surface area contributed by atoms with Crippen LogP contribution in [-0.4, -0.2) is 53.3 Å². The van der Waals surface area contributed by atoms with E-state index in [0.29, 0.717) is 5.56 Å². The molecule has 1 aliphatic heterocycles. The lowest BCUT2D eigenvalue weighted by molar-refractivity contribution is 0.108. The summed E-state index contributed by atoms with van der Waals surface area (Å²) in [6, 6.07) is 3.07. The van der Waals surface area contributed by atoms with Gasteiger partial charge < -0.3 is 14.6 Å². The molecule has 0 aliphatic carbocycles. The predicted octanol–water partition coefficient (Wildman–Crippen LogP) is 2.25. The van der Waals surface area contributed by atoms with E-state index < -0.39 is 0 Å². The van der Waals surface area contributed by atoms with E-state index in [1.54, 1.807) is 0 Å². The number of carbonyl (C=O) groups excluding carboxylic acids is 1. The maximum atomic E-state index is 12.3. The van der Waals surface area contributed by atoms with Gasteiger partial charge in [-0.25, -0.2) is 4.31 Å². The zero-order chi connectivity index (χ0) is 14.5. The summed E-state index contributed by atoms with van der Waals surface area (Å²) in [6.45, 7) is 1.79. The largest absolute Gasteiger partial charge is 0.502 e. The maximum Gasteiger partial charge on any atom is 0.234 e. The van der Waals surface area contributed by atoms with Crippen molar-refractivity contribution in [3.63, 3.8) is 0 Å². The fourth-order valence-electron chi connectivity index (χ4n) is 1.82. The number of hydrogen-bond donors (Lipinski definition) is 1. The fraction of sp³-hybridized carbons (Fsp3) is 0.462. The van der Waals surface area contributed by atoms with Crippen LogP contribution in [0.25, 0.3) is 0 Å². The molecule has 1 heterocycles. The minimum Gasteiger partial charge on any atom is -0.502 e. The summed E-state index contributed by atoms with van der Waals surface area (Å²) in [6.07, 6.45) is 0. The molecule has 2 rings (SSSR count). The Morgan fingerprint density at radius 3 is 2.30 bits per heavy atom. The number of rotatable bonds is 4. The van der Waals surface area contributed by atoms with Crippen molar-refractivity contribution in [2.24, 2.45) is 0 Å². The molecular weight excluding hydrogens is 298 g/mol. The van der Waals surface area contributed by atoms with Crippen LogP contribution < -0.4 is 9.47 Å². The zero-order valence-electron chi connectivity index (χ0n) is 11.4. The Kier molecular flexibility index (Phi) is 5.45. The summed E-state index contributed by atoms with van der Waals surface area (Å²) >= 11 is 3.10.